The highest BCUT2D eigenvalue weighted by molar-refractivity contribution is 7.71. The zero-order valence-electron chi connectivity index (χ0n) is 13.5. The summed E-state index contributed by atoms with van der Waals surface area (Å²) in [6, 6.07) is 15.6. The molecular weight excluding hydrogens is 354 g/mol. The Bertz CT molecular complexity index is 966. The van der Waals surface area contributed by atoms with Gasteiger partial charge in [0.1, 0.15) is 22.8 Å². The number of furan rings is 1. The lowest BCUT2D eigenvalue weighted by Crippen LogP contribution is -2.41. The van der Waals surface area contributed by atoms with E-state index in [9.17, 15) is 9.59 Å². The summed E-state index contributed by atoms with van der Waals surface area (Å²) in [4.78, 5) is 26.8. The van der Waals surface area contributed by atoms with Crippen molar-refractivity contribution in [2.24, 2.45) is 0 Å². The van der Waals surface area contributed by atoms with Gasteiger partial charge in [-0.1, -0.05) is 30.4 Å². The first-order valence-corrected chi connectivity index (χ1v) is 8.09. The SMILES string of the molecule is O=C(NNC(=O)c1ccc[nH]c1=S)c1ccc(COc2ccccc2)o1. The van der Waals surface area contributed by atoms with Gasteiger partial charge in [0, 0.05) is 6.20 Å². The van der Waals surface area contributed by atoms with Gasteiger partial charge in [0.25, 0.3) is 5.91 Å². The van der Waals surface area contributed by atoms with E-state index in [0.717, 1.165) is 0 Å². The van der Waals surface area contributed by atoms with Crippen LogP contribution in [0.2, 0.25) is 0 Å². The number of hydrogen-bond acceptors (Lipinski definition) is 5. The third-order valence-electron chi connectivity index (χ3n) is 3.36. The van der Waals surface area contributed by atoms with Gasteiger partial charge in [-0.2, -0.15) is 0 Å². The molecule has 0 unspecified atom stereocenters. The summed E-state index contributed by atoms with van der Waals surface area (Å²) >= 11 is 5.01. The smallest absolute Gasteiger partial charge is 0.305 e. The molecule has 2 heterocycles. The van der Waals surface area contributed by atoms with Crippen molar-refractivity contribution in [3.8, 4) is 5.75 Å². The van der Waals surface area contributed by atoms with E-state index in [1.807, 2.05) is 30.3 Å². The quantitative estimate of drug-likeness (QED) is 0.475. The van der Waals surface area contributed by atoms with Crippen molar-refractivity contribution >= 4 is 24.0 Å². The van der Waals surface area contributed by atoms with Gasteiger partial charge in [0.05, 0.1) is 5.56 Å². The van der Waals surface area contributed by atoms with E-state index < -0.39 is 11.8 Å². The van der Waals surface area contributed by atoms with Crippen molar-refractivity contribution in [2.45, 2.75) is 6.61 Å². The van der Waals surface area contributed by atoms with E-state index in [0.29, 0.717) is 11.5 Å². The standard InChI is InChI=1S/C18H15N3O4S/c22-16(14-7-4-10-19-18(14)26)20-21-17(23)15-9-8-13(25-15)11-24-12-5-2-1-3-6-12/h1-10H,11H2,(H,19,26)(H,20,22)(H,21,23). The first kappa shape index (κ1) is 17.4. The van der Waals surface area contributed by atoms with Crippen molar-refractivity contribution < 1.29 is 18.7 Å². The second-order valence-corrected chi connectivity index (χ2v) is 5.60. The van der Waals surface area contributed by atoms with Crippen LogP contribution in [0.4, 0.5) is 0 Å². The zero-order valence-corrected chi connectivity index (χ0v) is 14.3. The summed E-state index contributed by atoms with van der Waals surface area (Å²) in [5.74, 6) is 0.113. The number of amides is 2. The van der Waals surface area contributed by atoms with Gasteiger partial charge in [0.2, 0.25) is 0 Å². The maximum absolute atomic E-state index is 12.1. The Morgan fingerprint density at radius 3 is 2.54 bits per heavy atom. The first-order chi connectivity index (χ1) is 12.6. The molecule has 0 fully saturated rings. The Kier molecular flexibility index (Phi) is 5.45. The van der Waals surface area contributed by atoms with E-state index >= 15 is 0 Å². The van der Waals surface area contributed by atoms with E-state index in [2.05, 4.69) is 15.8 Å². The molecule has 3 aromatic rings. The van der Waals surface area contributed by atoms with Crippen LogP contribution in [0.15, 0.2) is 65.2 Å². The molecule has 2 aromatic heterocycles. The molecular formula is C18H15N3O4S. The number of pyridine rings is 1. The minimum Gasteiger partial charge on any atom is -0.486 e. The highest BCUT2D eigenvalue weighted by atomic mass is 32.1. The fourth-order valence-corrected chi connectivity index (χ4v) is 2.32. The average molecular weight is 369 g/mol. The normalized spacial score (nSPS) is 10.2. The molecule has 0 atom stereocenters. The Labute approximate surface area is 154 Å². The maximum atomic E-state index is 12.1. The highest BCUT2D eigenvalue weighted by Gasteiger charge is 2.14. The molecule has 132 valence electrons. The summed E-state index contributed by atoms with van der Waals surface area (Å²) in [6.45, 7) is 0.183. The fraction of sp³-hybridized carbons (Fsp3) is 0.0556. The number of benzene rings is 1. The topological polar surface area (TPSA) is 96.4 Å². The molecule has 26 heavy (non-hydrogen) atoms. The van der Waals surface area contributed by atoms with Crippen molar-refractivity contribution in [3.05, 3.63) is 82.5 Å². The third kappa shape index (κ3) is 4.37. The lowest BCUT2D eigenvalue weighted by Gasteiger charge is -2.06. The largest absolute Gasteiger partial charge is 0.486 e. The third-order valence-corrected chi connectivity index (χ3v) is 3.70. The van der Waals surface area contributed by atoms with E-state index in [4.69, 9.17) is 21.4 Å². The van der Waals surface area contributed by atoms with Gasteiger partial charge >= 0.3 is 5.91 Å². The molecule has 0 radical (unpaired) electrons. The number of hydrazine groups is 1. The molecule has 1 aromatic carbocycles. The van der Waals surface area contributed by atoms with Crippen molar-refractivity contribution in [1.29, 1.82) is 0 Å². The van der Waals surface area contributed by atoms with Crippen LogP contribution >= 0.6 is 12.2 Å². The summed E-state index contributed by atoms with van der Waals surface area (Å²) in [5.41, 5.74) is 4.82. The number of carbonyl (C=O) groups is 2. The molecule has 0 saturated heterocycles. The molecule has 2 amide bonds. The number of rotatable bonds is 5. The van der Waals surface area contributed by atoms with Gasteiger partial charge in [0.15, 0.2) is 5.76 Å². The van der Waals surface area contributed by atoms with Crippen LogP contribution in [-0.2, 0) is 6.61 Å². The Balaban J connectivity index is 1.54. The molecule has 3 N–H and O–H groups in total. The van der Waals surface area contributed by atoms with E-state index in [1.165, 1.54) is 6.07 Å². The molecule has 0 aliphatic carbocycles. The molecule has 0 aliphatic heterocycles. The number of carbonyl (C=O) groups excluding carboxylic acids is 2. The minimum absolute atomic E-state index is 0.0511. The molecule has 7 nitrogen and oxygen atoms in total. The van der Waals surface area contributed by atoms with E-state index in [-0.39, 0.29) is 22.6 Å². The fourth-order valence-electron chi connectivity index (χ4n) is 2.09. The monoisotopic (exact) mass is 369 g/mol. The summed E-state index contributed by atoms with van der Waals surface area (Å²) in [7, 11) is 0. The summed E-state index contributed by atoms with van der Waals surface area (Å²) in [5, 5.41) is 0. The Morgan fingerprint density at radius 2 is 1.77 bits per heavy atom. The van der Waals surface area contributed by atoms with Crippen molar-refractivity contribution in [3.63, 3.8) is 0 Å². The Morgan fingerprint density at radius 1 is 1.00 bits per heavy atom. The number of hydrogen-bond donors (Lipinski definition) is 3. The molecule has 0 bridgehead atoms. The summed E-state index contributed by atoms with van der Waals surface area (Å²) < 4.78 is 11.2. The Hall–Kier alpha value is -3.39. The van der Waals surface area contributed by atoms with Crippen LogP contribution in [0.1, 0.15) is 26.7 Å². The lowest BCUT2D eigenvalue weighted by molar-refractivity contribution is 0.0828. The van der Waals surface area contributed by atoms with Crippen molar-refractivity contribution in [2.75, 3.05) is 0 Å². The molecule has 8 heteroatoms. The van der Waals surface area contributed by atoms with Crippen LogP contribution in [-0.4, -0.2) is 16.8 Å². The van der Waals surface area contributed by atoms with Gasteiger partial charge in [-0.15, -0.1) is 0 Å². The minimum atomic E-state index is -0.588. The highest BCUT2D eigenvalue weighted by Crippen LogP contribution is 2.13. The van der Waals surface area contributed by atoms with Crippen LogP contribution in [0.3, 0.4) is 0 Å². The second kappa shape index (κ2) is 8.13. The van der Waals surface area contributed by atoms with Crippen LogP contribution in [0, 0.1) is 4.64 Å². The number of ether oxygens (including phenoxy) is 1. The number of H-pyrrole nitrogens is 1. The predicted octanol–water partition coefficient (Wildman–Crippen LogP) is 2.99. The molecule has 0 spiro atoms. The van der Waals surface area contributed by atoms with Gasteiger partial charge in [-0.3, -0.25) is 20.4 Å². The van der Waals surface area contributed by atoms with Crippen LogP contribution in [0.5, 0.6) is 5.75 Å². The first-order valence-electron chi connectivity index (χ1n) is 7.68. The lowest BCUT2D eigenvalue weighted by atomic mass is 10.3. The molecule has 3 rings (SSSR count). The van der Waals surface area contributed by atoms with Crippen molar-refractivity contribution in [1.82, 2.24) is 15.8 Å². The number of aromatic nitrogens is 1. The molecule has 0 aliphatic rings. The number of aromatic amines is 1. The van der Waals surface area contributed by atoms with Gasteiger partial charge in [-0.25, -0.2) is 0 Å². The van der Waals surface area contributed by atoms with Crippen LogP contribution < -0.4 is 15.6 Å². The predicted molar refractivity (Wildman–Crippen MR) is 96.0 cm³/mol. The maximum Gasteiger partial charge on any atom is 0.305 e. The number of para-hydroxylation sites is 1. The average Bonchev–Trinajstić information content (AvgIpc) is 3.14. The number of nitrogens with one attached hydrogen (secondary N) is 3. The molecule has 0 saturated carbocycles. The van der Waals surface area contributed by atoms with E-state index in [1.54, 1.807) is 24.4 Å². The zero-order chi connectivity index (χ0) is 18.4. The van der Waals surface area contributed by atoms with Gasteiger partial charge < -0.3 is 14.1 Å². The van der Waals surface area contributed by atoms with Gasteiger partial charge in [-0.05, 0) is 36.4 Å². The second-order valence-electron chi connectivity index (χ2n) is 5.19. The summed E-state index contributed by atoms with van der Waals surface area (Å²) in [6.07, 6.45) is 1.61. The van der Waals surface area contributed by atoms with Crippen LogP contribution in [0.25, 0.3) is 0 Å².